The molecule has 6 heteroatoms. The van der Waals surface area contributed by atoms with E-state index in [9.17, 15) is 13.2 Å². The van der Waals surface area contributed by atoms with Gasteiger partial charge in [0, 0.05) is 13.1 Å². The Balaban J connectivity index is 2.12. The molecule has 2 rings (SSSR count). The van der Waals surface area contributed by atoms with Gasteiger partial charge >= 0.3 is 6.18 Å². The van der Waals surface area contributed by atoms with Crippen molar-refractivity contribution in [3.8, 4) is 0 Å². The SMILES string of the molecule is CCCC1CCN(c2cc(C(F)(F)F)cc(N)n2)CC1. The normalized spacial score (nSPS) is 17.5. The first kappa shape index (κ1) is 14.9. The van der Waals surface area contributed by atoms with Gasteiger partial charge in [-0.3, -0.25) is 0 Å². The summed E-state index contributed by atoms with van der Waals surface area (Å²) in [7, 11) is 0. The number of nitrogens with two attached hydrogens (primary N) is 1. The van der Waals surface area contributed by atoms with E-state index in [2.05, 4.69) is 11.9 Å². The van der Waals surface area contributed by atoms with Gasteiger partial charge in [0.2, 0.25) is 0 Å². The van der Waals surface area contributed by atoms with Gasteiger partial charge < -0.3 is 10.6 Å². The van der Waals surface area contributed by atoms with E-state index in [1.54, 1.807) is 0 Å². The summed E-state index contributed by atoms with van der Waals surface area (Å²) in [5.74, 6) is 0.942. The van der Waals surface area contributed by atoms with E-state index in [-0.39, 0.29) is 5.82 Å². The summed E-state index contributed by atoms with van der Waals surface area (Å²) in [5.41, 5.74) is 4.77. The largest absolute Gasteiger partial charge is 0.416 e. The number of rotatable bonds is 3. The maximum absolute atomic E-state index is 12.8. The van der Waals surface area contributed by atoms with Crippen molar-refractivity contribution in [2.75, 3.05) is 23.7 Å². The third-order valence-electron chi connectivity index (χ3n) is 3.79. The number of halogens is 3. The molecule has 20 heavy (non-hydrogen) atoms. The van der Waals surface area contributed by atoms with E-state index in [4.69, 9.17) is 5.73 Å². The average Bonchev–Trinajstić information content (AvgIpc) is 2.38. The fourth-order valence-corrected chi connectivity index (χ4v) is 2.72. The molecular weight excluding hydrogens is 267 g/mol. The van der Waals surface area contributed by atoms with E-state index in [1.807, 2.05) is 4.90 Å². The highest BCUT2D eigenvalue weighted by Gasteiger charge is 2.32. The Bertz CT molecular complexity index is 451. The lowest BCUT2D eigenvalue weighted by atomic mass is 9.92. The lowest BCUT2D eigenvalue weighted by Gasteiger charge is -2.33. The summed E-state index contributed by atoms with van der Waals surface area (Å²) < 4.78 is 38.3. The quantitative estimate of drug-likeness (QED) is 0.921. The Labute approximate surface area is 117 Å². The molecule has 0 bridgehead atoms. The van der Waals surface area contributed by atoms with Crippen molar-refractivity contribution in [2.45, 2.75) is 38.8 Å². The van der Waals surface area contributed by atoms with Crippen LogP contribution in [0.1, 0.15) is 38.2 Å². The molecule has 1 aromatic rings. The molecular formula is C14H20F3N3. The van der Waals surface area contributed by atoms with Gasteiger partial charge in [0.25, 0.3) is 0 Å². The van der Waals surface area contributed by atoms with Crippen LogP contribution in [0.2, 0.25) is 0 Å². The second kappa shape index (κ2) is 5.89. The smallest absolute Gasteiger partial charge is 0.384 e. The first-order valence-electron chi connectivity index (χ1n) is 7.00. The predicted molar refractivity (Wildman–Crippen MR) is 73.5 cm³/mol. The Morgan fingerprint density at radius 2 is 1.95 bits per heavy atom. The van der Waals surface area contributed by atoms with Crippen molar-refractivity contribution < 1.29 is 13.2 Å². The standard InChI is InChI=1S/C14H20F3N3/c1-2-3-10-4-6-20(7-5-10)13-9-11(14(15,16)17)8-12(18)19-13/h8-10H,2-7H2,1H3,(H2,18,19). The van der Waals surface area contributed by atoms with E-state index in [0.717, 1.165) is 44.5 Å². The average molecular weight is 287 g/mol. The van der Waals surface area contributed by atoms with Crippen LogP contribution in [0.25, 0.3) is 0 Å². The Morgan fingerprint density at radius 3 is 2.50 bits per heavy atom. The maximum atomic E-state index is 12.8. The van der Waals surface area contributed by atoms with E-state index in [1.165, 1.54) is 6.42 Å². The third kappa shape index (κ3) is 3.55. The molecule has 0 amide bonds. The van der Waals surface area contributed by atoms with Crippen LogP contribution in [0.15, 0.2) is 12.1 Å². The molecule has 1 fully saturated rings. The number of aromatic nitrogens is 1. The molecule has 0 saturated carbocycles. The maximum Gasteiger partial charge on any atom is 0.416 e. The number of piperidine rings is 1. The highest BCUT2D eigenvalue weighted by atomic mass is 19.4. The second-order valence-electron chi connectivity index (χ2n) is 5.36. The molecule has 0 aliphatic carbocycles. The van der Waals surface area contributed by atoms with Crippen LogP contribution in [-0.2, 0) is 6.18 Å². The van der Waals surface area contributed by atoms with Crippen LogP contribution in [0, 0.1) is 5.92 Å². The second-order valence-corrected chi connectivity index (χ2v) is 5.36. The van der Waals surface area contributed by atoms with Crippen LogP contribution < -0.4 is 10.6 Å². The monoisotopic (exact) mass is 287 g/mol. The topological polar surface area (TPSA) is 42.1 Å². The van der Waals surface area contributed by atoms with Gasteiger partial charge in [-0.25, -0.2) is 4.98 Å². The van der Waals surface area contributed by atoms with Crippen LogP contribution in [-0.4, -0.2) is 18.1 Å². The minimum atomic E-state index is -4.38. The number of nitrogens with zero attached hydrogens (tertiary/aromatic N) is 2. The summed E-state index contributed by atoms with van der Waals surface area (Å²) in [5, 5.41) is 0. The number of anilines is 2. The molecule has 1 saturated heterocycles. The van der Waals surface area contributed by atoms with Gasteiger partial charge in [-0.15, -0.1) is 0 Å². The molecule has 0 aromatic carbocycles. The van der Waals surface area contributed by atoms with Crippen LogP contribution in [0.3, 0.4) is 0 Å². The van der Waals surface area contributed by atoms with Crippen LogP contribution in [0.4, 0.5) is 24.8 Å². The first-order chi connectivity index (χ1) is 9.40. The summed E-state index contributed by atoms with van der Waals surface area (Å²) in [4.78, 5) is 5.95. The molecule has 0 unspecified atom stereocenters. The Kier molecular flexibility index (Phi) is 4.40. The fraction of sp³-hybridized carbons (Fsp3) is 0.643. The minimum absolute atomic E-state index is 0.0782. The molecule has 2 heterocycles. The first-order valence-corrected chi connectivity index (χ1v) is 7.00. The van der Waals surface area contributed by atoms with Gasteiger partial charge in [0.05, 0.1) is 5.56 Å². The number of hydrogen-bond acceptors (Lipinski definition) is 3. The number of nitrogen functional groups attached to an aromatic ring is 1. The number of pyridine rings is 1. The molecule has 0 atom stereocenters. The zero-order valence-electron chi connectivity index (χ0n) is 11.6. The van der Waals surface area contributed by atoms with E-state index in [0.29, 0.717) is 11.7 Å². The van der Waals surface area contributed by atoms with Crippen molar-refractivity contribution in [2.24, 2.45) is 5.92 Å². The summed E-state index contributed by atoms with van der Waals surface area (Å²) in [6.45, 7) is 3.65. The lowest BCUT2D eigenvalue weighted by Crippen LogP contribution is -2.34. The van der Waals surface area contributed by atoms with Gasteiger partial charge in [-0.05, 0) is 30.9 Å². The van der Waals surface area contributed by atoms with Crippen LogP contribution >= 0.6 is 0 Å². The van der Waals surface area contributed by atoms with Crippen molar-refractivity contribution in [3.05, 3.63) is 17.7 Å². The molecule has 2 N–H and O–H groups in total. The van der Waals surface area contributed by atoms with E-state index >= 15 is 0 Å². The molecule has 1 aliphatic heterocycles. The highest BCUT2D eigenvalue weighted by Crippen LogP contribution is 2.33. The number of alkyl halides is 3. The van der Waals surface area contributed by atoms with Crippen molar-refractivity contribution in [3.63, 3.8) is 0 Å². The highest BCUT2D eigenvalue weighted by molar-refractivity contribution is 5.49. The van der Waals surface area contributed by atoms with Crippen molar-refractivity contribution >= 4 is 11.6 Å². The van der Waals surface area contributed by atoms with Crippen molar-refractivity contribution in [1.82, 2.24) is 4.98 Å². The zero-order chi connectivity index (χ0) is 14.8. The zero-order valence-corrected chi connectivity index (χ0v) is 11.6. The van der Waals surface area contributed by atoms with Crippen molar-refractivity contribution in [1.29, 1.82) is 0 Å². The minimum Gasteiger partial charge on any atom is -0.384 e. The van der Waals surface area contributed by atoms with Gasteiger partial charge in [0.1, 0.15) is 11.6 Å². The lowest BCUT2D eigenvalue weighted by molar-refractivity contribution is -0.137. The van der Waals surface area contributed by atoms with Gasteiger partial charge in [-0.2, -0.15) is 13.2 Å². The van der Waals surface area contributed by atoms with Gasteiger partial charge in [-0.1, -0.05) is 19.8 Å². The van der Waals surface area contributed by atoms with Gasteiger partial charge in [0.15, 0.2) is 0 Å². The predicted octanol–water partition coefficient (Wildman–Crippen LogP) is 3.70. The molecule has 1 aromatic heterocycles. The summed E-state index contributed by atoms with van der Waals surface area (Å²) >= 11 is 0. The molecule has 0 spiro atoms. The van der Waals surface area contributed by atoms with Crippen LogP contribution in [0.5, 0.6) is 0 Å². The molecule has 0 radical (unpaired) electrons. The fourth-order valence-electron chi connectivity index (χ4n) is 2.72. The Hall–Kier alpha value is -1.46. The molecule has 3 nitrogen and oxygen atoms in total. The number of hydrogen-bond donors (Lipinski definition) is 1. The molecule has 1 aliphatic rings. The summed E-state index contributed by atoms with van der Waals surface area (Å²) in [6, 6.07) is 1.98. The van der Waals surface area contributed by atoms with E-state index < -0.39 is 11.7 Å². The molecule has 112 valence electrons. The Morgan fingerprint density at radius 1 is 1.30 bits per heavy atom. The third-order valence-corrected chi connectivity index (χ3v) is 3.79. The summed E-state index contributed by atoms with van der Waals surface area (Å²) in [6.07, 6.45) is -0.0326.